The summed E-state index contributed by atoms with van der Waals surface area (Å²) in [5.74, 6) is 0.341. The topological polar surface area (TPSA) is 40.5 Å². The van der Waals surface area contributed by atoms with Crippen LogP contribution in [0, 0.1) is 5.92 Å². The van der Waals surface area contributed by atoms with Gasteiger partial charge in [0.25, 0.3) is 0 Å². The summed E-state index contributed by atoms with van der Waals surface area (Å²) < 4.78 is 0. The summed E-state index contributed by atoms with van der Waals surface area (Å²) in [6.07, 6.45) is 3.57. The fraction of sp³-hybridized carbons (Fsp3) is 0.800. The Bertz CT molecular complexity index is 173. The highest BCUT2D eigenvalue weighted by molar-refractivity contribution is 5.14. The lowest BCUT2D eigenvalue weighted by Crippen LogP contribution is -2.28. The van der Waals surface area contributed by atoms with Gasteiger partial charge in [-0.2, -0.15) is 0 Å². The zero-order chi connectivity index (χ0) is 9.14. The molecule has 0 unspecified atom stereocenters. The van der Waals surface area contributed by atoms with Crippen LogP contribution in [0.3, 0.4) is 0 Å². The van der Waals surface area contributed by atoms with Crippen molar-refractivity contribution in [2.45, 2.75) is 45.3 Å². The van der Waals surface area contributed by atoms with E-state index in [1.807, 2.05) is 13.8 Å². The number of aliphatic hydroxyl groups excluding tert-OH is 2. The predicted octanol–water partition coefficient (Wildman–Crippen LogP) is 1.47. The highest BCUT2D eigenvalue weighted by Crippen LogP contribution is 2.23. The van der Waals surface area contributed by atoms with Crippen LogP contribution in [0.2, 0.25) is 0 Å². The molecule has 2 nitrogen and oxygen atoms in total. The van der Waals surface area contributed by atoms with Gasteiger partial charge >= 0.3 is 0 Å². The molecule has 2 N–H and O–H groups in total. The summed E-state index contributed by atoms with van der Waals surface area (Å²) in [4.78, 5) is 0. The van der Waals surface area contributed by atoms with E-state index in [1.165, 1.54) is 0 Å². The van der Waals surface area contributed by atoms with E-state index in [0.29, 0.717) is 12.3 Å². The molecule has 12 heavy (non-hydrogen) atoms. The summed E-state index contributed by atoms with van der Waals surface area (Å²) in [6, 6.07) is 0. The van der Waals surface area contributed by atoms with Crippen LogP contribution >= 0.6 is 0 Å². The van der Waals surface area contributed by atoms with Crippen molar-refractivity contribution in [3.8, 4) is 0 Å². The first kappa shape index (κ1) is 9.75. The van der Waals surface area contributed by atoms with Gasteiger partial charge in [0.05, 0.1) is 6.10 Å². The molecule has 0 aromatic heterocycles. The molecule has 0 aliphatic heterocycles. The zero-order valence-electron chi connectivity index (χ0n) is 7.83. The van der Waals surface area contributed by atoms with E-state index in [2.05, 4.69) is 6.08 Å². The van der Waals surface area contributed by atoms with Gasteiger partial charge in [-0.3, -0.25) is 0 Å². The van der Waals surface area contributed by atoms with E-state index < -0.39 is 12.2 Å². The molecule has 0 amide bonds. The third-order valence-corrected chi connectivity index (χ3v) is 2.46. The molecule has 0 aromatic rings. The lowest BCUT2D eigenvalue weighted by Gasteiger charge is -2.20. The molecule has 0 saturated carbocycles. The van der Waals surface area contributed by atoms with Gasteiger partial charge in [0.1, 0.15) is 6.10 Å². The molecule has 70 valence electrons. The molecule has 0 fully saturated rings. The maximum atomic E-state index is 9.67. The van der Waals surface area contributed by atoms with Gasteiger partial charge < -0.3 is 10.2 Å². The molecular formula is C10H18O2. The van der Waals surface area contributed by atoms with Crippen LogP contribution in [-0.4, -0.2) is 22.4 Å². The first-order chi connectivity index (χ1) is 5.63. The zero-order valence-corrected chi connectivity index (χ0v) is 7.83. The van der Waals surface area contributed by atoms with Crippen molar-refractivity contribution in [1.82, 2.24) is 0 Å². The summed E-state index contributed by atoms with van der Waals surface area (Å²) in [7, 11) is 0. The Morgan fingerprint density at radius 1 is 1.42 bits per heavy atom. The van der Waals surface area contributed by atoms with Crippen LogP contribution in [0.15, 0.2) is 11.6 Å². The predicted molar refractivity (Wildman–Crippen MR) is 48.8 cm³/mol. The summed E-state index contributed by atoms with van der Waals surface area (Å²) in [6.45, 7) is 4.10. The minimum Gasteiger partial charge on any atom is -0.390 e. The van der Waals surface area contributed by atoms with Crippen molar-refractivity contribution in [2.75, 3.05) is 0 Å². The van der Waals surface area contributed by atoms with Crippen molar-refractivity contribution in [3.63, 3.8) is 0 Å². The molecule has 0 aromatic carbocycles. The Balaban J connectivity index is 2.73. The van der Waals surface area contributed by atoms with Crippen LogP contribution < -0.4 is 0 Å². The molecule has 0 heterocycles. The van der Waals surface area contributed by atoms with E-state index in [9.17, 15) is 10.2 Å². The van der Waals surface area contributed by atoms with Gasteiger partial charge in [-0.15, -0.1) is 0 Å². The van der Waals surface area contributed by atoms with Crippen LogP contribution in [0.4, 0.5) is 0 Å². The Hall–Kier alpha value is -0.340. The Morgan fingerprint density at radius 3 is 2.67 bits per heavy atom. The van der Waals surface area contributed by atoms with Gasteiger partial charge in [-0.25, -0.2) is 0 Å². The van der Waals surface area contributed by atoms with E-state index in [-0.39, 0.29) is 0 Å². The minimum absolute atomic E-state index is 0.341. The fourth-order valence-electron chi connectivity index (χ4n) is 1.67. The van der Waals surface area contributed by atoms with Crippen LogP contribution in [-0.2, 0) is 0 Å². The number of hydrogen-bond acceptors (Lipinski definition) is 2. The third-order valence-electron chi connectivity index (χ3n) is 2.46. The van der Waals surface area contributed by atoms with E-state index >= 15 is 0 Å². The van der Waals surface area contributed by atoms with Gasteiger partial charge in [0, 0.05) is 0 Å². The van der Waals surface area contributed by atoms with Gasteiger partial charge in [0.15, 0.2) is 0 Å². The van der Waals surface area contributed by atoms with Gasteiger partial charge in [-0.05, 0) is 30.8 Å². The highest BCUT2D eigenvalue weighted by atomic mass is 16.3. The van der Waals surface area contributed by atoms with Crippen molar-refractivity contribution in [2.24, 2.45) is 5.92 Å². The van der Waals surface area contributed by atoms with Crippen LogP contribution in [0.25, 0.3) is 0 Å². The molecule has 2 heteroatoms. The quantitative estimate of drug-likeness (QED) is 0.585. The summed E-state index contributed by atoms with van der Waals surface area (Å²) in [5.41, 5.74) is 1.00. The molecule has 1 aliphatic carbocycles. The Labute approximate surface area is 73.9 Å². The molecule has 2 atom stereocenters. The molecule has 0 saturated heterocycles. The maximum absolute atomic E-state index is 9.67. The molecule has 1 aliphatic rings. The summed E-state index contributed by atoms with van der Waals surface area (Å²) >= 11 is 0. The largest absolute Gasteiger partial charge is 0.390 e. The summed E-state index contributed by atoms with van der Waals surface area (Å²) in [5, 5.41) is 19.2. The number of rotatable bonds is 1. The lowest BCUT2D eigenvalue weighted by molar-refractivity contribution is 0.0337. The lowest BCUT2D eigenvalue weighted by atomic mass is 9.94. The van der Waals surface area contributed by atoms with Gasteiger partial charge in [-0.1, -0.05) is 19.9 Å². The van der Waals surface area contributed by atoms with Crippen LogP contribution in [0.1, 0.15) is 33.1 Å². The monoisotopic (exact) mass is 170 g/mol. The second kappa shape index (κ2) is 4.06. The Kier molecular flexibility index (Phi) is 3.29. The average Bonchev–Trinajstić information content (AvgIpc) is 2.15. The van der Waals surface area contributed by atoms with Crippen molar-refractivity contribution >= 4 is 0 Å². The normalized spacial score (nSPS) is 31.6. The molecule has 0 spiro atoms. The van der Waals surface area contributed by atoms with E-state index in [0.717, 1.165) is 18.4 Å². The SMILES string of the molecule is CC(C)C1=CCCC[C@H](O)[C@@H]1O. The first-order valence-electron chi connectivity index (χ1n) is 4.69. The average molecular weight is 170 g/mol. The smallest absolute Gasteiger partial charge is 0.101 e. The molecule has 0 radical (unpaired) electrons. The second-order valence-corrected chi connectivity index (χ2v) is 3.80. The molecule has 1 rings (SSSR count). The standard InChI is InChI=1S/C10H18O2/c1-7(2)8-5-3-4-6-9(11)10(8)12/h5,7,9-12H,3-4,6H2,1-2H3/t9-,10+/m0/s1. The number of hydrogen-bond donors (Lipinski definition) is 2. The second-order valence-electron chi connectivity index (χ2n) is 3.80. The first-order valence-corrected chi connectivity index (χ1v) is 4.69. The van der Waals surface area contributed by atoms with Crippen molar-refractivity contribution in [1.29, 1.82) is 0 Å². The maximum Gasteiger partial charge on any atom is 0.101 e. The molecular weight excluding hydrogens is 152 g/mol. The third kappa shape index (κ3) is 2.08. The minimum atomic E-state index is -0.632. The number of aliphatic hydroxyl groups is 2. The number of allylic oxidation sites excluding steroid dienone is 1. The van der Waals surface area contributed by atoms with E-state index in [4.69, 9.17) is 0 Å². The van der Waals surface area contributed by atoms with E-state index in [1.54, 1.807) is 0 Å². The Morgan fingerprint density at radius 2 is 2.08 bits per heavy atom. The van der Waals surface area contributed by atoms with Crippen LogP contribution in [0.5, 0.6) is 0 Å². The van der Waals surface area contributed by atoms with Crippen molar-refractivity contribution in [3.05, 3.63) is 11.6 Å². The van der Waals surface area contributed by atoms with Crippen molar-refractivity contribution < 1.29 is 10.2 Å². The molecule has 0 bridgehead atoms. The highest BCUT2D eigenvalue weighted by Gasteiger charge is 2.23. The van der Waals surface area contributed by atoms with Gasteiger partial charge in [0.2, 0.25) is 0 Å². The fourth-order valence-corrected chi connectivity index (χ4v) is 1.67.